The van der Waals surface area contributed by atoms with Gasteiger partial charge in [0.1, 0.15) is 0 Å². The van der Waals surface area contributed by atoms with Crippen LogP contribution in [0.25, 0.3) is 0 Å². The van der Waals surface area contributed by atoms with Crippen LogP contribution in [0.4, 0.5) is 0 Å². The van der Waals surface area contributed by atoms with Gasteiger partial charge in [-0.2, -0.15) is 0 Å². The number of carbonyl (C=O) groups is 1. The minimum absolute atomic E-state index is 0.0237. The van der Waals surface area contributed by atoms with E-state index in [1.807, 2.05) is 0 Å². The van der Waals surface area contributed by atoms with Gasteiger partial charge < -0.3 is 10.8 Å². The van der Waals surface area contributed by atoms with Crippen LogP contribution in [0.2, 0.25) is 0 Å². The Kier molecular flexibility index (Phi) is 6.29. The summed E-state index contributed by atoms with van der Waals surface area (Å²) in [5.41, 5.74) is 12.8. The summed E-state index contributed by atoms with van der Waals surface area (Å²) < 4.78 is 0. The molecule has 3 N–H and O–H groups in total. The first kappa shape index (κ1) is 27.8. The van der Waals surface area contributed by atoms with Crippen LogP contribution in [0, 0.1) is 57.2 Å². The lowest BCUT2D eigenvalue weighted by molar-refractivity contribution is -0.219. The van der Waals surface area contributed by atoms with Gasteiger partial charge in [0.25, 0.3) is 0 Å². The highest BCUT2D eigenvalue weighted by Crippen LogP contribution is 2.76. The fourth-order valence-corrected chi connectivity index (χ4v) is 12.7. The number of carboxylic acids is 1. The van der Waals surface area contributed by atoms with Gasteiger partial charge in [-0.25, -0.2) is 0 Å². The maximum absolute atomic E-state index is 11.6. The first-order valence-corrected chi connectivity index (χ1v) is 16.3. The average Bonchev–Trinajstić information content (AvgIpc) is 3.22. The van der Waals surface area contributed by atoms with Crippen molar-refractivity contribution in [3.8, 4) is 0 Å². The molecule has 39 heavy (non-hydrogen) atoms. The van der Waals surface area contributed by atoms with E-state index in [0.717, 1.165) is 24.7 Å². The summed E-state index contributed by atoms with van der Waals surface area (Å²) in [7, 11) is 0. The number of carboxylic acid groups (broad SMARTS) is 1. The Morgan fingerprint density at radius 1 is 0.923 bits per heavy atom. The van der Waals surface area contributed by atoms with E-state index in [0.29, 0.717) is 40.4 Å². The zero-order valence-electron chi connectivity index (χ0n) is 25.7. The van der Waals surface area contributed by atoms with Gasteiger partial charge in [0, 0.05) is 5.54 Å². The molecule has 0 saturated heterocycles. The largest absolute Gasteiger partial charge is 0.481 e. The van der Waals surface area contributed by atoms with Gasteiger partial charge in [-0.05, 0) is 146 Å². The molecule has 216 valence electrons. The first-order chi connectivity index (χ1) is 18.2. The molecule has 0 heterocycles. The Hall–Kier alpha value is -1.35. The quantitative estimate of drug-likeness (QED) is 0.357. The summed E-state index contributed by atoms with van der Waals surface area (Å²) >= 11 is 0. The van der Waals surface area contributed by atoms with Crippen LogP contribution >= 0.6 is 0 Å². The van der Waals surface area contributed by atoms with Gasteiger partial charge >= 0.3 is 5.97 Å². The van der Waals surface area contributed by atoms with Gasteiger partial charge in [0.2, 0.25) is 0 Å². The van der Waals surface area contributed by atoms with Crippen molar-refractivity contribution in [2.45, 2.75) is 124 Å². The first-order valence-electron chi connectivity index (χ1n) is 16.3. The summed E-state index contributed by atoms with van der Waals surface area (Å²) in [4.78, 5) is 11.6. The molecule has 0 aromatic rings. The van der Waals surface area contributed by atoms with Crippen molar-refractivity contribution >= 4 is 5.97 Å². The minimum Gasteiger partial charge on any atom is -0.481 e. The van der Waals surface area contributed by atoms with E-state index in [1.165, 1.54) is 74.5 Å². The van der Waals surface area contributed by atoms with E-state index in [4.69, 9.17) is 5.73 Å². The third kappa shape index (κ3) is 3.66. The van der Waals surface area contributed by atoms with E-state index in [1.54, 1.807) is 0 Å². The van der Waals surface area contributed by atoms with Gasteiger partial charge in [0.15, 0.2) is 0 Å². The summed E-state index contributed by atoms with van der Waals surface area (Å²) in [6, 6.07) is 0. The molecule has 6 aliphatic carbocycles. The van der Waals surface area contributed by atoms with Gasteiger partial charge in [-0.3, -0.25) is 4.79 Å². The van der Waals surface area contributed by atoms with Crippen LogP contribution < -0.4 is 5.73 Å². The maximum Gasteiger partial charge on any atom is 0.306 e. The molecule has 0 aliphatic heterocycles. The Bertz CT molecular complexity index is 1130. The van der Waals surface area contributed by atoms with Crippen LogP contribution in [-0.4, -0.2) is 16.6 Å². The van der Waals surface area contributed by atoms with Gasteiger partial charge in [-0.15, -0.1) is 0 Å². The SMILES string of the molecule is C=C(C)[C@@H]1CC[C@]2(N)CC[C@]3(C)C(CCC4[C@@]5(C)CC=C(C6=CCC(C(=O)O)CC6)C(C)(C)[C@@H]5CC[C@]43C)[C@@H]12. The lowest BCUT2D eigenvalue weighted by atomic mass is 9.33. The van der Waals surface area contributed by atoms with Crippen LogP contribution in [-0.2, 0) is 4.79 Å². The predicted octanol–water partition coefficient (Wildman–Crippen LogP) is 8.70. The molecule has 0 amide bonds. The predicted molar refractivity (Wildman–Crippen MR) is 160 cm³/mol. The van der Waals surface area contributed by atoms with E-state index >= 15 is 0 Å². The average molecular weight is 534 g/mol. The lowest BCUT2D eigenvalue weighted by Crippen LogP contribution is -2.67. The van der Waals surface area contributed by atoms with Gasteiger partial charge in [-0.1, -0.05) is 58.9 Å². The van der Waals surface area contributed by atoms with Crippen LogP contribution in [0.3, 0.4) is 0 Å². The number of hydrogen-bond acceptors (Lipinski definition) is 2. The van der Waals surface area contributed by atoms with Crippen molar-refractivity contribution in [3.63, 3.8) is 0 Å². The molecule has 0 aromatic carbocycles. The van der Waals surface area contributed by atoms with E-state index in [2.05, 4.69) is 60.3 Å². The molecule has 6 rings (SSSR count). The second-order valence-electron chi connectivity index (χ2n) is 16.5. The number of nitrogens with two attached hydrogens (primary N) is 1. The number of allylic oxidation sites excluding steroid dienone is 5. The fraction of sp³-hybridized carbons (Fsp3) is 0.806. The van der Waals surface area contributed by atoms with Crippen molar-refractivity contribution in [1.29, 1.82) is 0 Å². The Balaban J connectivity index is 1.33. The minimum atomic E-state index is -0.632. The van der Waals surface area contributed by atoms with E-state index in [-0.39, 0.29) is 16.9 Å². The third-order valence-electron chi connectivity index (χ3n) is 14.8. The van der Waals surface area contributed by atoms with Crippen molar-refractivity contribution in [1.82, 2.24) is 0 Å². The molecule has 0 spiro atoms. The zero-order valence-corrected chi connectivity index (χ0v) is 25.7. The molecule has 10 atom stereocenters. The van der Waals surface area contributed by atoms with Gasteiger partial charge in [0.05, 0.1) is 5.92 Å². The summed E-state index contributed by atoms with van der Waals surface area (Å²) in [6.07, 6.45) is 18.7. The van der Waals surface area contributed by atoms with Crippen LogP contribution in [0.5, 0.6) is 0 Å². The summed E-state index contributed by atoms with van der Waals surface area (Å²) in [5.74, 6) is 2.52. The second-order valence-corrected chi connectivity index (χ2v) is 16.5. The molecule has 0 bridgehead atoms. The fourth-order valence-electron chi connectivity index (χ4n) is 12.7. The molecular formula is C36H55NO2. The van der Waals surface area contributed by atoms with Crippen molar-refractivity contribution in [2.75, 3.05) is 0 Å². The van der Waals surface area contributed by atoms with Crippen molar-refractivity contribution in [3.05, 3.63) is 35.5 Å². The molecule has 0 radical (unpaired) electrons. The normalized spacial score (nSPS) is 50.4. The molecule has 3 nitrogen and oxygen atoms in total. The molecular weight excluding hydrogens is 478 g/mol. The molecule has 4 fully saturated rings. The third-order valence-corrected chi connectivity index (χ3v) is 14.8. The standard InChI is InChI=1S/C36H55NO2/c1-22(2)25-14-19-36(37)21-20-34(6)27(30(25)36)12-13-29-33(5)17-15-26(23-8-10-24(11-9-23)31(38)39)32(3,4)28(33)16-18-35(29,34)7/h8,15,24-25,27-30H,1,9-14,16-21,37H2,2-7H3,(H,38,39)/t24?,25-,27?,28-,29?,30+,33-,34+,35+,36-/m0/s1. The van der Waals surface area contributed by atoms with Crippen molar-refractivity contribution in [2.24, 2.45) is 62.9 Å². The zero-order chi connectivity index (χ0) is 28.2. The Labute approximate surface area is 238 Å². The highest BCUT2D eigenvalue weighted by Gasteiger charge is 2.70. The highest BCUT2D eigenvalue weighted by molar-refractivity contribution is 5.70. The summed E-state index contributed by atoms with van der Waals surface area (Å²) in [6.45, 7) is 19.8. The lowest BCUT2D eigenvalue weighted by Gasteiger charge is -2.72. The Morgan fingerprint density at radius 2 is 1.67 bits per heavy atom. The number of fused-ring (bicyclic) bond motifs is 7. The molecule has 4 saturated carbocycles. The number of rotatable bonds is 3. The Morgan fingerprint density at radius 3 is 2.31 bits per heavy atom. The van der Waals surface area contributed by atoms with Crippen LogP contribution in [0.15, 0.2) is 35.5 Å². The second kappa shape index (κ2) is 8.83. The van der Waals surface area contributed by atoms with Crippen LogP contribution in [0.1, 0.15) is 119 Å². The maximum atomic E-state index is 11.6. The topological polar surface area (TPSA) is 63.3 Å². The number of aliphatic carboxylic acids is 1. The monoisotopic (exact) mass is 533 g/mol. The molecule has 6 aliphatic rings. The van der Waals surface area contributed by atoms with E-state index in [9.17, 15) is 9.90 Å². The van der Waals surface area contributed by atoms with E-state index < -0.39 is 5.97 Å². The molecule has 3 heteroatoms. The molecule has 3 unspecified atom stereocenters. The summed E-state index contributed by atoms with van der Waals surface area (Å²) in [5, 5.41) is 9.51. The smallest absolute Gasteiger partial charge is 0.306 e. The number of hydrogen-bond donors (Lipinski definition) is 2. The van der Waals surface area contributed by atoms with Crippen molar-refractivity contribution < 1.29 is 9.90 Å². The highest BCUT2D eigenvalue weighted by atomic mass is 16.4. The molecule has 0 aromatic heterocycles.